The maximum absolute atomic E-state index is 14.9. The number of aromatic hydroxyl groups is 1. The standard InChI is InChI=1S/C33H42FO5P/c1-7-39-40(6,36)21-30(23-12-13-23)24-9-8-10-26(18-24)38-20-22-11-15-27(28-19-25(35)14-16-31(28)34)29(17-22)32(37-5)33(2,3)4/h8-11,14-19,23,30,32,35H,7,12-13,20-21H2,1-6H3/t30?,32-,40?/m1/s1. The number of benzene rings is 3. The van der Waals surface area contributed by atoms with Crippen molar-refractivity contribution >= 4 is 7.37 Å². The Hall–Kier alpha value is -2.66. The number of phenolic OH excluding ortho intramolecular Hbond substituents is 1. The van der Waals surface area contributed by atoms with Crippen molar-refractivity contribution in [1.29, 1.82) is 0 Å². The fourth-order valence-corrected chi connectivity index (χ4v) is 7.42. The highest BCUT2D eigenvalue weighted by Crippen LogP contribution is 2.53. The first-order chi connectivity index (χ1) is 18.9. The molecule has 40 heavy (non-hydrogen) atoms. The first-order valence-corrected chi connectivity index (χ1v) is 16.3. The number of hydrogen-bond donors (Lipinski definition) is 1. The van der Waals surface area contributed by atoms with Gasteiger partial charge in [0.15, 0.2) is 0 Å². The summed E-state index contributed by atoms with van der Waals surface area (Å²) in [6.45, 7) is 10.6. The van der Waals surface area contributed by atoms with Crippen molar-refractivity contribution in [1.82, 2.24) is 0 Å². The molecule has 1 aliphatic carbocycles. The largest absolute Gasteiger partial charge is 0.508 e. The SMILES string of the molecule is CCOP(C)(=O)CC(c1cccc(OCc2ccc(-c3cc(O)ccc3F)c([C@@H](OC)C(C)(C)C)c2)c1)C1CC1. The number of phenols is 1. The van der Waals surface area contributed by atoms with Gasteiger partial charge in [-0.1, -0.05) is 45.0 Å². The summed E-state index contributed by atoms with van der Waals surface area (Å²) in [5, 5.41) is 10.1. The van der Waals surface area contributed by atoms with Gasteiger partial charge < -0.3 is 19.1 Å². The van der Waals surface area contributed by atoms with Crippen LogP contribution < -0.4 is 4.74 Å². The highest BCUT2D eigenvalue weighted by molar-refractivity contribution is 7.58. The van der Waals surface area contributed by atoms with Crippen molar-refractivity contribution in [3.05, 3.63) is 83.2 Å². The van der Waals surface area contributed by atoms with Crippen molar-refractivity contribution in [2.75, 3.05) is 26.5 Å². The zero-order valence-corrected chi connectivity index (χ0v) is 25.3. The van der Waals surface area contributed by atoms with Crippen LogP contribution >= 0.6 is 7.37 Å². The predicted octanol–water partition coefficient (Wildman–Crippen LogP) is 8.95. The number of ether oxygens (including phenoxy) is 2. The molecule has 1 N–H and O–H groups in total. The van der Waals surface area contributed by atoms with Crippen LogP contribution in [-0.4, -0.2) is 31.6 Å². The summed E-state index contributed by atoms with van der Waals surface area (Å²) in [5.74, 6) is 1.05. The Balaban J connectivity index is 1.61. The minimum atomic E-state index is -2.67. The first kappa shape index (κ1) is 30.3. The number of methoxy groups -OCH3 is 1. The molecule has 0 aliphatic heterocycles. The molecule has 1 saturated carbocycles. The van der Waals surface area contributed by atoms with Gasteiger partial charge in [-0.05, 0) is 95.7 Å². The maximum Gasteiger partial charge on any atom is 0.200 e. The topological polar surface area (TPSA) is 65.0 Å². The van der Waals surface area contributed by atoms with Crippen LogP contribution in [-0.2, 0) is 20.4 Å². The molecular weight excluding hydrogens is 526 g/mol. The third kappa shape index (κ3) is 7.54. The Morgan fingerprint density at radius 2 is 1.80 bits per heavy atom. The van der Waals surface area contributed by atoms with E-state index >= 15 is 0 Å². The van der Waals surface area contributed by atoms with Gasteiger partial charge in [0.2, 0.25) is 7.37 Å². The molecule has 7 heteroatoms. The van der Waals surface area contributed by atoms with Crippen LogP contribution in [0, 0.1) is 17.2 Å². The summed E-state index contributed by atoms with van der Waals surface area (Å²) in [6.07, 6.45) is 2.51. The normalized spacial score (nSPS) is 16.8. The lowest BCUT2D eigenvalue weighted by atomic mass is 9.81. The average molecular weight is 569 g/mol. The Kier molecular flexibility index (Phi) is 9.44. The number of rotatable bonds is 12. The summed E-state index contributed by atoms with van der Waals surface area (Å²) in [6, 6.07) is 17.9. The molecule has 0 radical (unpaired) electrons. The highest BCUT2D eigenvalue weighted by Gasteiger charge is 2.36. The van der Waals surface area contributed by atoms with Gasteiger partial charge in [-0.25, -0.2) is 4.39 Å². The lowest BCUT2D eigenvalue weighted by molar-refractivity contribution is 0.0155. The molecule has 3 aromatic carbocycles. The van der Waals surface area contributed by atoms with E-state index in [-0.39, 0.29) is 23.2 Å². The molecular formula is C33H42FO5P. The van der Waals surface area contributed by atoms with E-state index in [1.165, 1.54) is 18.2 Å². The fraction of sp³-hybridized carbons (Fsp3) is 0.455. The van der Waals surface area contributed by atoms with E-state index in [4.69, 9.17) is 14.0 Å². The van der Waals surface area contributed by atoms with E-state index in [1.54, 1.807) is 13.8 Å². The van der Waals surface area contributed by atoms with Crippen molar-refractivity contribution in [3.8, 4) is 22.6 Å². The third-order valence-corrected chi connectivity index (χ3v) is 9.34. The highest BCUT2D eigenvalue weighted by atomic mass is 31.2. The Morgan fingerprint density at radius 1 is 1.05 bits per heavy atom. The molecule has 1 fully saturated rings. The zero-order chi connectivity index (χ0) is 29.1. The van der Waals surface area contributed by atoms with Gasteiger partial charge >= 0.3 is 0 Å². The van der Waals surface area contributed by atoms with Crippen LogP contribution in [0.15, 0.2) is 60.7 Å². The molecule has 3 atom stereocenters. The quantitative estimate of drug-likeness (QED) is 0.221. The third-order valence-electron chi connectivity index (χ3n) is 7.47. The number of hydrogen-bond acceptors (Lipinski definition) is 5. The van der Waals surface area contributed by atoms with Gasteiger partial charge in [-0.15, -0.1) is 0 Å². The molecule has 0 heterocycles. The van der Waals surface area contributed by atoms with E-state index in [0.29, 0.717) is 36.4 Å². The van der Waals surface area contributed by atoms with Gasteiger partial charge in [-0.2, -0.15) is 0 Å². The summed E-state index contributed by atoms with van der Waals surface area (Å²) < 4.78 is 45.6. The van der Waals surface area contributed by atoms with Crippen molar-refractivity contribution < 1.29 is 28.1 Å². The minimum Gasteiger partial charge on any atom is -0.508 e. The lowest BCUT2D eigenvalue weighted by Gasteiger charge is -2.32. The van der Waals surface area contributed by atoms with Gasteiger partial charge in [0.05, 0.1) is 12.7 Å². The molecule has 0 amide bonds. The van der Waals surface area contributed by atoms with Gasteiger partial charge in [0.25, 0.3) is 0 Å². The lowest BCUT2D eigenvalue weighted by Crippen LogP contribution is -2.21. The summed E-state index contributed by atoms with van der Waals surface area (Å²) in [7, 11) is -1.01. The molecule has 2 unspecified atom stereocenters. The van der Waals surface area contributed by atoms with Gasteiger partial charge in [-0.3, -0.25) is 4.57 Å². The summed E-state index contributed by atoms with van der Waals surface area (Å²) in [5.41, 5.74) is 3.62. The van der Waals surface area contributed by atoms with Crippen LogP contribution in [0.2, 0.25) is 0 Å². The van der Waals surface area contributed by atoms with Gasteiger partial charge in [0.1, 0.15) is 23.9 Å². The summed E-state index contributed by atoms with van der Waals surface area (Å²) >= 11 is 0. The molecule has 0 saturated heterocycles. The monoisotopic (exact) mass is 568 g/mol. The average Bonchev–Trinajstić information content (AvgIpc) is 3.73. The molecule has 5 nitrogen and oxygen atoms in total. The summed E-state index contributed by atoms with van der Waals surface area (Å²) in [4.78, 5) is 0. The van der Waals surface area contributed by atoms with Crippen LogP contribution in [0.25, 0.3) is 11.1 Å². The fourth-order valence-electron chi connectivity index (χ4n) is 5.54. The van der Waals surface area contributed by atoms with Crippen LogP contribution in [0.5, 0.6) is 11.5 Å². The van der Waals surface area contributed by atoms with Crippen molar-refractivity contribution in [3.63, 3.8) is 0 Å². The Bertz CT molecular complexity index is 1360. The van der Waals surface area contributed by atoms with E-state index < -0.39 is 13.2 Å². The Labute approximate surface area is 238 Å². The molecule has 0 aromatic heterocycles. The van der Waals surface area contributed by atoms with Crippen LogP contribution in [0.3, 0.4) is 0 Å². The Morgan fingerprint density at radius 3 is 2.45 bits per heavy atom. The maximum atomic E-state index is 14.9. The molecule has 0 bridgehead atoms. The zero-order valence-electron chi connectivity index (χ0n) is 24.4. The van der Waals surface area contributed by atoms with Crippen molar-refractivity contribution in [2.45, 2.75) is 59.2 Å². The first-order valence-electron chi connectivity index (χ1n) is 14.0. The molecule has 216 valence electrons. The van der Waals surface area contributed by atoms with E-state index in [0.717, 1.165) is 35.3 Å². The molecule has 3 aromatic rings. The van der Waals surface area contributed by atoms with Crippen LogP contribution in [0.4, 0.5) is 4.39 Å². The minimum absolute atomic E-state index is 0.00422. The second kappa shape index (κ2) is 12.5. The van der Waals surface area contributed by atoms with Gasteiger partial charge in [0, 0.05) is 25.5 Å². The van der Waals surface area contributed by atoms with E-state index in [9.17, 15) is 14.1 Å². The van der Waals surface area contributed by atoms with Crippen LogP contribution in [0.1, 0.15) is 69.2 Å². The molecule has 1 aliphatic rings. The second-order valence-electron chi connectivity index (χ2n) is 12.0. The molecule has 0 spiro atoms. The van der Waals surface area contributed by atoms with E-state index in [1.807, 2.05) is 37.3 Å². The smallest absolute Gasteiger partial charge is 0.200 e. The predicted molar refractivity (Wildman–Crippen MR) is 159 cm³/mol. The molecule has 4 rings (SSSR count). The second-order valence-corrected chi connectivity index (χ2v) is 14.6. The number of halogens is 1. The van der Waals surface area contributed by atoms with Crippen molar-refractivity contribution in [2.24, 2.45) is 11.3 Å². The van der Waals surface area contributed by atoms with E-state index in [2.05, 4.69) is 32.9 Å².